The number of carbonyl (C=O) groups is 1. The van der Waals surface area contributed by atoms with Gasteiger partial charge in [-0.1, -0.05) is 56.7 Å². The van der Waals surface area contributed by atoms with Crippen molar-refractivity contribution in [3.8, 4) is 16.9 Å². The van der Waals surface area contributed by atoms with Crippen molar-refractivity contribution in [2.45, 2.75) is 51.9 Å². The standard InChI is InChI=1S/C23H28O2/c1-3-4-15-25-21-12-10-19(11-13-21)18-6-8-20(9-7-18)22-14-5-17(2)16-23(22)24/h6-13,17,22H,3-5,14-16H2,1-2H3/t17-,22+/m1/s1. The molecule has 0 saturated heterocycles. The van der Waals surface area contributed by atoms with Gasteiger partial charge < -0.3 is 4.74 Å². The fourth-order valence-corrected chi connectivity index (χ4v) is 3.54. The van der Waals surface area contributed by atoms with E-state index in [0.29, 0.717) is 11.7 Å². The summed E-state index contributed by atoms with van der Waals surface area (Å²) in [5, 5.41) is 0. The van der Waals surface area contributed by atoms with Gasteiger partial charge in [-0.25, -0.2) is 0 Å². The van der Waals surface area contributed by atoms with Crippen molar-refractivity contribution in [2.75, 3.05) is 6.61 Å². The molecule has 1 fully saturated rings. The van der Waals surface area contributed by atoms with E-state index in [1.807, 2.05) is 12.1 Å². The van der Waals surface area contributed by atoms with Crippen molar-refractivity contribution in [3.63, 3.8) is 0 Å². The van der Waals surface area contributed by atoms with E-state index in [0.717, 1.165) is 44.5 Å². The summed E-state index contributed by atoms with van der Waals surface area (Å²) in [6.45, 7) is 5.11. The van der Waals surface area contributed by atoms with Crippen LogP contribution in [0.2, 0.25) is 0 Å². The Bertz CT molecular complexity index is 685. The first kappa shape index (κ1) is 17.7. The molecular weight excluding hydrogens is 308 g/mol. The monoisotopic (exact) mass is 336 g/mol. The van der Waals surface area contributed by atoms with E-state index in [2.05, 4.69) is 50.2 Å². The largest absolute Gasteiger partial charge is 0.494 e. The van der Waals surface area contributed by atoms with Gasteiger partial charge in [-0.15, -0.1) is 0 Å². The van der Waals surface area contributed by atoms with Crippen molar-refractivity contribution in [1.29, 1.82) is 0 Å². The molecule has 1 saturated carbocycles. The molecule has 0 unspecified atom stereocenters. The van der Waals surface area contributed by atoms with Gasteiger partial charge in [-0.05, 0) is 54.0 Å². The maximum atomic E-state index is 12.3. The SMILES string of the molecule is CCCCOc1ccc(-c2ccc([C@@H]3CC[C@@H](C)CC3=O)cc2)cc1. The van der Waals surface area contributed by atoms with Gasteiger partial charge in [0, 0.05) is 12.3 Å². The summed E-state index contributed by atoms with van der Waals surface area (Å²) < 4.78 is 5.72. The maximum absolute atomic E-state index is 12.3. The van der Waals surface area contributed by atoms with E-state index in [1.54, 1.807) is 0 Å². The number of Topliss-reactive ketones (excluding diaryl/α,β-unsaturated/α-hetero) is 1. The van der Waals surface area contributed by atoms with Crippen LogP contribution in [0.1, 0.15) is 57.4 Å². The van der Waals surface area contributed by atoms with Gasteiger partial charge in [0.1, 0.15) is 11.5 Å². The minimum absolute atomic E-state index is 0.0968. The molecule has 1 aliphatic rings. The minimum atomic E-state index is 0.0968. The molecule has 2 aromatic rings. The second kappa shape index (κ2) is 8.33. The van der Waals surface area contributed by atoms with Crippen LogP contribution in [0.15, 0.2) is 48.5 Å². The Labute approximate surface area is 151 Å². The van der Waals surface area contributed by atoms with Crippen molar-refractivity contribution >= 4 is 5.78 Å². The lowest BCUT2D eigenvalue weighted by Crippen LogP contribution is -2.21. The Hall–Kier alpha value is -2.09. The molecule has 25 heavy (non-hydrogen) atoms. The summed E-state index contributed by atoms with van der Waals surface area (Å²) in [5.74, 6) is 1.97. The smallest absolute Gasteiger partial charge is 0.140 e. The summed E-state index contributed by atoms with van der Waals surface area (Å²) in [6.07, 6.45) is 5.10. The first-order chi connectivity index (χ1) is 12.2. The molecule has 2 atom stereocenters. The Morgan fingerprint density at radius 3 is 2.20 bits per heavy atom. The topological polar surface area (TPSA) is 26.3 Å². The van der Waals surface area contributed by atoms with Crippen LogP contribution in [0.5, 0.6) is 5.75 Å². The molecule has 2 heteroatoms. The molecular formula is C23H28O2. The molecule has 0 amide bonds. The number of ketones is 1. The second-order valence-corrected chi connectivity index (χ2v) is 7.25. The molecule has 1 aliphatic carbocycles. The highest BCUT2D eigenvalue weighted by atomic mass is 16.5. The van der Waals surface area contributed by atoms with E-state index < -0.39 is 0 Å². The van der Waals surface area contributed by atoms with Crippen LogP contribution in [-0.4, -0.2) is 12.4 Å². The third-order valence-corrected chi connectivity index (χ3v) is 5.15. The lowest BCUT2D eigenvalue weighted by Gasteiger charge is -2.25. The average molecular weight is 336 g/mol. The molecule has 0 bridgehead atoms. The zero-order valence-electron chi connectivity index (χ0n) is 15.3. The van der Waals surface area contributed by atoms with Gasteiger partial charge in [0.25, 0.3) is 0 Å². The molecule has 0 heterocycles. The van der Waals surface area contributed by atoms with E-state index in [1.165, 1.54) is 16.7 Å². The van der Waals surface area contributed by atoms with E-state index in [4.69, 9.17) is 4.74 Å². The van der Waals surface area contributed by atoms with E-state index in [9.17, 15) is 4.79 Å². The maximum Gasteiger partial charge on any atom is 0.140 e. The van der Waals surface area contributed by atoms with Crippen molar-refractivity contribution in [3.05, 3.63) is 54.1 Å². The number of benzene rings is 2. The molecule has 2 aromatic carbocycles. The first-order valence-corrected chi connectivity index (χ1v) is 9.53. The lowest BCUT2D eigenvalue weighted by molar-refractivity contribution is -0.123. The zero-order chi connectivity index (χ0) is 17.6. The van der Waals surface area contributed by atoms with Gasteiger partial charge in [0.15, 0.2) is 0 Å². The lowest BCUT2D eigenvalue weighted by atomic mass is 9.78. The van der Waals surface area contributed by atoms with Crippen LogP contribution >= 0.6 is 0 Å². The molecule has 0 spiro atoms. The normalized spacial score (nSPS) is 20.5. The molecule has 2 nitrogen and oxygen atoms in total. The van der Waals surface area contributed by atoms with Crippen LogP contribution in [0, 0.1) is 5.92 Å². The van der Waals surface area contributed by atoms with E-state index in [-0.39, 0.29) is 5.92 Å². The van der Waals surface area contributed by atoms with Crippen LogP contribution in [0.3, 0.4) is 0 Å². The zero-order valence-corrected chi connectivity index (χ0v) is 15.3. The summed E-state index contributed by atoms with van der Waals surface area (Å²) in [5.41, 5.74) is 3.53. The van der Waals surface area contributed by atoms with Gasteiger partial charge in [-0.2, -0.15) is 0 Å². The summed E-state index contributed by atoms with van der Waals surface area (Å²) >= 11 is 0. The van der Waals surface area contributed by atoms with Gasteiger partial charge in [0.05, 0.1) is 6.61 Å². The van der Waals surface area contributed by atoms with Crippen LogP contribution < -0.4 is 4.74 Å². The van der Waals surface area contributed by atoms with Gasteiger partial charge in [0.2, 0.25) is 0 Å². The number of unbranched alkanes of at least 4 members (excludes halogenated alkanes) is 1. The third-order valence-electron chi connectivity index (χ3n) is 5.15. The highest BCUT2D eigenvalue weighted by Gasteiger charge is 2.27. The molecule has 0 N–H and O–H groups in total. The van der Waals surface area contributed by atoms with Crippen LogP contribution in [0.4, 0.5) is 0 Å². The van der Waals surface area contributed by atoms with Gasteiger partial charge in [-0.3, -0.25) is 4.79 Å². The first-order valence-electron chi connectivity index (χ1n) is 9.53. The quantitative estimate of drug-likeness (QED) is 0.604. The number of ether oxygens (including phenoxy) is 1. The second-order valence-electron chi connectivity index (χ2n) is 7.25. The van der Waals surface area contributed by atoms with Gasteiger partial charge >= 0.3 is 0 Å². The molecule has 0 aliphatic heterocycles. The third kappa shape index (κ3) is 4.50. The Balaban J connectivity index is 1.67. The van der Waals surface area contributed by atoms with Crippen LogP contribution in [-0.2, 0) is 4.79 Å². The van der Waals surface area contributed by atoms with Crippen molar-refractivity contribution < 1.29 is 9.53 Å². The van der Waals surface area contributed by atoms with Crippen molar-refractivity contribution in [1.82, 2.24) is 0 Å². The summed E-state index contributed by atoms with van der Waals surface area (Å²) in [7, 11) is 0. The average Bonchev–Trinajstić information content (AvgIpc) is 2.63. The molecule has 0 radical (unpaired) electrons. The molecule has 0 aromatic heterocycles. The fraction of sp³-hybridized carbons (Fsp3) is 0.435. The Kier molecular flexibility index (Phi) is 5.91. The number of carbonyl (C=O) groups excluding carboxylic acids is 1. The molecule has 3 rings (SSSR count). The van der Waals surface area contributed by atoms with Crippen LogP contribution in [0.25, 0.3) is 11.1 Å². The summed E-state index contributed by atoms with van der Waals surface area (Å²) in [4.78, 5) is 12.3. The highest BCUT2D eigenvalue weighted by molar-refractivity contribution is 5.86. The highest BCUT2D eigenvalue weighted by Crippen LogP contribution is 2.34. The predicted molar refractivity (Wildman–Crippen MR) is 103 cm³/mol. The number of rotatable bonds is 6. The summed E-state index contributed by atoms with van der Waals surface area (Å²) in [6, 6.07) is 16.8. The minimum Gasteiger partial charge on any atom is -0.494 e. The molecule has 132 valence electrons. The Morgan fingerprint density at radius 1 is 0.960 bits per heavy atom. The Morgan fingerprint density at radius 2 is 1.60 bits per heavy atom. The number of hydrogen-bond donors (Lipinski definition) is 0. The predicted octanol–water partition coefficient (Wildman–Crippen LogP) is 6.01. The van der Waals surface area contributed by atoms with Crippen molar-refractivity contribution in [2.24, 2.45) is 5.92 Å². The van der Waals surface area contributed by atoms with E-state index >= 15 is 0 Å². The number of hydrogen-bond acceptors (Lipinski definition) is 2. The fourth-order valence-electron chi connectivity index (χ4n) is 3.54.